The van der Waals surface area contributed by atoms with Gasteiger partial charge in [0.2, 0.25) is 0 Å². The Labute approximate surface area is 81.7 Å². The molecule has 0 bridgehead atoms. The Morgan fingerprint density at radius 1 is 1.14 bits per heavy atom. The molecule has 14 heavy (non-hydrogen) atoms. The molecule has 0 fully saturated rings. The van der Waals surface area contributed by atoms with E-state index in [0.29, 0.717) is 5.75 Å². The average molecular weight is 186 g/mol. The number of aromatic hydroxyl groups is 1. The lowest BCUT2D eigenvalue weighted by molar-refractivity contribution is 0.474. The van der Waals surface area contributed by atoms with Crippen molar-refractivity contribution < 1.29 is 9.84 Å². The van der Waals surface area contributed by atoms with Gasteiger partial charge in [-0.25, -0.2) is 0 Å². The van der Waals surface area contributed by atoms with Crippen LogP contribution in [0.3, 0.4) is 0 Å². The minimum absolute atomic E-state index is 0.374. The van der Waals surface area contributed by atoms with Gasteiger partial charge in [-0.15, -0.1) is 0 Å². The number of ether oxygens (including phenoxy) is 1. The summed E-state index contributed by atoms with van der Waals surface area (Å²) in [6.07, 6.45) is 0.805. The van der Waals surface area contributed by atoms with Crippen LogP contribution in [-0.4, -0.2) is 5.11 Å². The summed E-state index contributed by atoms with van der Waals surface area (Å²) in [5.41, 5.74) is 0.929. The second kappa shape index (κ2) is 2.41. The molecule has 1 N–H and O–H groups in total. The molecule has 2 heteroatoms. The van der Waals surface area contributed by atoms with Gasteiger partial charge in [0.05, 0.1) is 0 Å². The number of phenolic OH excluding ortho intramolecular Hbond substituents is 1. The molecule has 0 saturated carbocycles. The maximum atomic E-state index is 9.98. The van der Waals surface area contributed by atoms with E-state index in [9.17, 15) is 5.11 Å². The van der Waals surface area contributed by atoms with Gasteiger partial charge in [-0.1, -0.05) is 31.2 Å². The van der Waals surface area contributed by atoms with Gasteiger partial charge in [0, 0.05) is 16.3 Å². The van der Waals surface area contributed by atoms with Gasteiger partial charge in [0.25, 0.3) is 0 Å². The summed E-state index contributed by atoms with van der Waals surface area (Å²) in [4.78, 5) is 0. The minimum Gasteiger partial charge on any atom is -0.507 e. The summed E-state index contributed by atoms with van der Waals surface area (Å²) in [5.74, 6) is 2.19. The van der Waals surface area contributed by atoms with E-state index >= 15 is 0 Å². The van der Waals surface area contributed by atoms with Crippen molar-refractivity contribution in [1.82, 2.24) is 0 Å². The molecule has 0 amide bonds. The quantitative estimate of drug-likeness (QED) is 0.592. The zero-order valence-electron chi connectivity index (χ0n) is 7.87. The molecule has 0 unspecified atom stereocenters. The molecule has 70 valence electrons. The fraction of sp³-hybridized carbons (Fsp3) is 0.167. The maximum absolute atomic E-state index is 9.98. The lowest BCUT2D eigenvalue weighted by atomic mass is 10.0. The molecule has 2 nitrogen and oxygen atoms in total. The molecular weight excluding hydrogens is 176 g/mol. The van der Waals surface area contributed by atoms with Gasteiger partial charge >= 0.3 is 0 Å². The highest BCUT2D eigenvalue weighted by Gasteiger charge is 2.30. The first kappa shape index (κ1) is 7.68. The highest BCUT2D eigenvalue weighted by atomic mass is 16.6. The van der Waals surface area contributed by atoms with Crippen molar-refractivity contribution in [1.29, 1.82) is 0 Å². The summed E-state index contributed by atoms with van der Waals surface area (Å²) in [6.45, 7) is 2.02. The van der Waals surface area contributed by atoms with Crippen molar-refractivity contribution in [2.24, 2.45) is 0 Å². The topological polar surface area (TPSA) is 32.8 Å². The van der Waals surface area contributed by atoms with Gasteiger partial charge in [0.1, 0.15) is 5.75 Å². The zero-order chi connectivity index (χ0) is 9.71. The predicted octanol–water partition coefficient (Wildman–Crippen LogP) is 3.21. The number of phenols is 1. The van der Waals surface area contributed by atoms with E-state index in [2.05, 4.69) is 0 Å². The van der Waals surface area contributed by atoms with Crippen molar-refractivity contribution in [3.63, 3.8) is 0 Å². The normalized spacial score (nSPS) is 12.4. The van der Waals surface area contributed by atoms with Gasteiger partial charge in [0.15, 0.2) is 11.5 Å². The van der Waals surface area contributed by atoms with Crippen LogP contribution in [0, 0.1) is 0 Å². The van der Waals surface area contributed by atoms with Crippen molar-refractivity contribution in [2.45, 2.75) is 13.3 Å². The lowest BCUT2D eigenvalue weighted by Gasteiger charge is -2.01. The van der Waals surface area contributed by atoms with E-state index in [-0.39, 0.29) is 0 Å². The van der Waals surface area contributed by atoms with E-state index in [1.165, 1.54) is 0 Å². The Hall–Kier alpha value is -1.70. The van der Waals surface area contributed by atoms with Crippen molar-refractivity contribution in [2.75, 3.05) is 0 Å². The number of benzene rings is 2. The maximum Gasteiger partial charge on any atom is 0.178 e. The Morgan fingerprint density at radius 2 is 1.86 bits per heavy atom. The van der Waals surface area contributed by atoms with Gasteiger partial charge < -0.3 is 9.84 Å². The Balaban J connectivity index is 2.47. The van der Waals surface area contributed by atoms with Crippen LogP contribution < -0.4 is 4.74 Å². The van der Waals surface area contributed by atoms with Crippen LogP contribution in [0.15, 0.2) is 24.3 Å². The molecular formula is C12H10O2. The fourth-order valence-electron chi connectivity index (χ4n) is 1.94. The number of rotatable bonds is 1. The highest BCUT2D eigenvalue weighted by molar-refractivity contribution is 6.00. The van der Waals surface area contributed by atoms with E-state index in [1.54, 1.807) is 0 Å². The third kappa shape index (κ3) is 0.803. The molecule has 0 spiro atoms. The van der Waals surface area contributed by atoms with Gasteiger partial charge in [-0.05, 0) is 6.42 Å². The lowest BCUT2D eigenvalue weighted by Crippen LogP contribution is -1.78. The molecule has 2 aromatic rings. The Bertz CT molecular complexity index is 529. The first-order valence-corrected chi connectivity index (χ1v) is 4.77. The largest absolute Gasteiger partial charge is 0.507 e. The van der Waals surface area contributed by atoms with Crippen LogP contribution >= 0.6 is 0 Å². The van der Waals surface area contributed by atoms with E-state index < -0.39 is 0 Å². The summed E-state index contributed by atoms with van der Waals surface area (Å²) < 4.78 is 5.39. The molecule has 0 atom stereocenters. The number of fused-ring (bicyclic) bond motifs is 3. The Kier molecular flexibility index (Phi) is 1.32. The SMILES string of the molecule is CCc1c2c(c3ccccc3c1O)O2. The van der Waals surface area contributed by atoms with Crippen LogP contribution in [0.1, 0.15) is 12.5 Å². The first-order chi connectivity index (χ1) is 6.83. The van der Waals surface area contributed by atoms with Gasteiger partial charge in [-0.3, -0.25) is 0 Å². The van der Waals surface area contributed by atoms with E-state index in [4.69, 9.17) is 4.74 Å². The Morgan fingerprint density at radius 3 is 2.57 bits per heavy atom. The monoisotopic (exact) mass is 186 g/mol. The summed E-state index contributed by atoms with van der Waals surface area (Å²) in [5, 5.41) is 11.9. The third-order valence-corrected chi connectivity index (χ3v) is 2.71. The molecule has 1 aliphatic rings. The highest BCUT2D eigenvalue weighted by Crippen LogP contribution is 2.57. The minimum atomic E-state index is 0.374. The van der Waals surface area contributed by atoms with Crippen molar-refractivity contribution in [3.05, 3.63) is 29.8 Å². The van der Waals surface area contributed by atoms with Crippen molar-refractivity contribution in [3.8, 4) is 17.2 Å². The molecule has 0 aromatic heterocycles. The number of hydrogen-bond acceptors (Lipinski definition) is 2. The smallest absolute Gasteiger partial charge is 0.178 e. The second-order valence-electron chi connectivity index (χ2n) is 3.49. The van der Waals surface area contributed by atoms with E-state index in [0.717, 1.165) is 34.3 Å². The average Bonchev–Trinajstić information content (AvgIpc) is 2.99. The molecule has 0 radical (unpaired) electrons. The van der Waals surface area contributed by atoms with Crippen LogP contribution in [0.4, 0.5) is 0 Å². The second-order valence-corrected chi connectivity index (χ2v) is 3.49. The van der Waals surface area contributed by atoms with Gasteiger partial charge in [-0.2, -0.15) is 0 Å². The van der Waals surface area contributed by atoms with Crippen LogP contribution in [0.5, 0.6) is 17.2 Å². The fourth-order valence-corrected chi connectivity index (χ4v) is 1.94. The standard InChI is InChI=1S/C12H10O2/c1-2-7-10(13)8-5-3-4-6-9(8)12-11(7)14-12/h3-6,13H,2H2,1H3. The predicted molar refractivity (Wildman–Crippen MR) is 55.1 cm³/mol. The number of hydrogen-bond donors (Lipinski definition) is 1. The first-order valence-electron chi connectivity index (χ1n) is 4.77. The molecule has 3 rings (SSSR count). The van der Waals surface area contributed by atoms with Crippen molar-refractivity contribution >= 4 is 10.8 Å². The van der Waals surface area contributed by atoms with Crippen LogP contribution in [0.25, 0.3) is 10.8 Å². The zero-order valence-corrected chi connectivity index (χ0v) is 7.87. The molecule has 0 saturated heterocycles. The third-order valence-electron chi connectivity index (χ3n) is 2.71. The van der Waals surface area contributed by atoms with E-state index in [1.807, 2.05) is 31.2 Å². The summed E-state index contributed by atoms with van der Waals surface area (Å²) in [6, 6.07) is 7.78. The molecule has 1 aliphatic heterocycles. The summed E-state index contributed by atoms with van der Waals surface area (Å²) >= 11 is 0. The summed E-state index contributed by atoms with van der Waals surface area (Å²) in [7, 11) is 0. The van der Waals surface area contributed by atoms with Crippen LogP contribution in [-0.2, 0) is 6.42 Å². The molecule has 0 aliphatic carbocycles. The molecule has 2 aromatic carbocycles. The van der Waals surface area contributed by atoms with Crippen LogP contribution in [0.2, 0.25) is 0 Å². The molecule has 1 heterocycles.